The highest BCUT2D eigenvalue weighted by atomic mass is 16.2. The maximum absolute atomic E-state index is 12.7. The van der Waals surface area contributed by atoms with Crippen LogP contribution in [0.25, 0.3) is 0 Å². The molecule has 1 aliphatic heterocycles. The minimum Gasteiger partial charge on any atom is -0.368 e. The van der Waals surface area contributed by atoms with Crippen LogP contribution in [0.2, 0.25) is 0 Å². The highest BCUT2D eigenvalue weighted by Gasteiger charge is 2.23. The van der Waals surface area contributed by atoms with E-state index < -0.39 is 0 Å². The molecule has 0 saturated carbocycles. The zero-order valence-corrected chi connectivity index (χ0v) is 15.1. The van der Waals surface area contributed by atoms with Crippen molar-refractivity contribution in [3.05, 3.63) is 84.7 Å². The molecule has 0 bridgehead atoms. The highest BCUT2D eigenvalue weighted by Crippen LogP contribution is 2.18. The first kappa shape index (κ1) is 17.1. The topological polar surface area (TPSA) is 48.5 Å². The SMILES string of the molecule is O=C(c1ccc(Nc2ccccc2)cn1)N1CCN(c2ccccc2)CC1. The number of carbonyl (C=O) groups excluding carboxylic acids is 1. The number of rotatable bonds is 4. The van der Waals surface area contributed by atoms with Crippen LogP contribution in [0.3, 0.4) is 0 Å². The van der Waals surface area contributed by atoms with Gasteiger partial charge in [-0.25, -0.2) is 4.98 Å². The normalized spacial score (nSPS) is 14.1. The lowest BCUT2D eigenvalue weighted by Gasteiger charge is -2.36. The number of amides is 1. The fourth-order valence-corrected chi connectivity index (χ4v) is 3.25. The minimum absolute atomic E-state index is 0.00558. The van der Waals surface area contributed by atoms with E-state index >= 15 is 0 Å². The molecule has 0 radical (unpaired) electrons. The van der Waals surface area contributed by atoms with Crippen LogP contribution in [-0.2, 0) is 0 Å². The van der Waals surface area contributed by atoms with E-state index in [1.54, 1.807) is 12.3 Å². The van der Waals surface area contributed by atoms with E-state index in [4.69, 9.17) is 0 Å². The molecule has 4 rings (SSSR count). The lowest BCUT2D eigenvalue weighted by atomic mass is 10.2. The largest absolute Gasteiger partial charge is 0.368 e. The predicted molar refractivity (Wildman–Crippen MR) is 109 cm³/mol. The van der Waals surface area contributed by atoms with Crippen molar-refractivity contribution >= 4 is 23.0 Å². The molecule has 0 atom stereocenters. The van der Waals surface area contributed by atoms with Gasteiger partial charge in [0.2, 0.25) is 0 Å². The van der Waals surface area contributed by atoms with Crippen LogP contribution < -0.4 is 10.2 Å². The average Bonchev–Trinajstić information content (AvgIpc) is 2.75. The second-order valence-electron chi connectivity index (χ2n) is 6.54. The van der Waals surface area contributed by atoms with E-state index in [0.29, 0.717) is 18.8 Å². The summed E-state index contributed by atoms with van der Waals surface area (Å²) in [6.07, 6.45) is 1.71. The van der Waals surface area contributed by atoms with Crippen molar-refractivity contribution in [3.63, 3.8) is 0 Å². The third kappa shape index (κ3) is 4.08. The molecule has 1 fully saturated rings. The molecule has 27 heavy (non-hydrogen) atoms. The van der Waals surface area contributed by atoms with E-state index in [0.717, 1.165) is 24.5 Å². The van der Waals surface area contributed by atoms with Gasteiger partial charge in [-0.1, -0.05) is 36.4 Å². The second kappa shape index (κ2) is 7.91. The molecule has 1 aliphatic rings. The van der Waals surface area contributed by atoms with Gasteiger partial charge in [0.25, 0.3) is 5.91 Å². The highest BCUT2D eigenvalue weighted by molar-refractivity contribution is 5.92. The van der Waals surface area contributed by atoms with E-state index in [2.05, 4.69) is 27.3 Å². The molecular formula is C22H22N4O. The zero-order valence-electron chi connectivity index (χ0n) is 15.1. The Morgan fingerprint density at radius 3 is 2.07 bits per heavy atom. The number of pyridine rings is 1. The lowest BCUT2D eigenvalue weighted by Crippen LogP contribution is -2.49. The number of hydrogen-bond acceptors (Lipinski definition) is 4. The Kier molecular flexibility index (Phi) is 5.01. The number of carbonyl (C=O) groups is 1. The average molecular weight is 358 g/mol. The van der Waals surface area contributed by atoms with Gasteiger partial charge in [-0.05, 0) is 36.4 Å². The Bertz CT molecular complexity index is 873. The number of piperazine rings is 1. The number of anilines is 3. The monoisotopic (exact) mass is 358 g/mol. The molecule has 0 spiro atoms. The summed E-state index contributed by atoms with van der Waals surface area (Å²) in [5, 5.41) is 3.28. The number of nitrogens with zero attached hydrogens (tertiary/aromatic N) is 3. The van der Waals surface area contributed by atoms with E-state index in [9.17, 15) is 4.79 Å². The number of hydrogen-bond donors (Lipinski definition) is 1. The molecule has 0 unspecified atom stereocenters. The molecule has 1 amide bonds. The lowest BCUT2D eigenvalue weighted by molar-refractivity contribution is 0.0741. The molecule has 1 saturated heterocycles. The Morgan fingerprint density at radius 1 is 0.778 bits per heavy atom. The third-order valence-electron chi connectivity index (χ3n) is 4.73. The molecule has 136 valence electrons. The number of aromatic nitrogens is 1. The van der Waals surface area contributed by atoms with Crippen molar-refractivity contribution in [1.82, 2.24) is 9.88 Å². The molecule has 3 aromatic rings. The third-order valence-corrected chi connectivity index (χ3v) is 4.73. The van der Waals surface area contributed by atoms with Gasteiger partial charge in [0.05, 0.1) is 11.9 Å². The maximum Gasteiger partial charge on any atom is 0.272 e. The van der Waals surface area contributed by atoms with Gasteiger partial charge >= 0.3 is 0 Å². The number of nitrogens with one attached hydrogen (secondary N) is 1. The standard InChI is InChI=1S/C22H22N4O/c27-22(26-15-13-25(14-16-26)20-9-5-2-6-10-20)21-12-11-19(17-23-21)24-18-7-3-1-4-8-18/h1-12,17,24H,13-16H2. The van der Waals surface area contributed by atoms with Crippen molar-refractivity contribution in [2.24, 2.45) is 0 Å². The van der Waals surface area contributed by atoms with Crippen molar-refractivity contribution in [1.29, 1.82) is 0 Å². The first-order chi connectivity index (χ1) is 13.3. The molecule has 5 heteroatoms. The van der Waals surface area contributed by atoms with E-state index in [1.807, 2.05) is 59.5 Å². The molecule has 1 N–H and O–H groups in total. The van der Waals surface area contributed by atoms with Gasteiger partial charge in [-0.3, -0.25) is 4.79 Å². The summed E-state index contributed by atoms with van der Waals surface area (Å²) in [5.41, 5.74) is 3.56. The Hall–Kier alpha value is -3.34. The molecule has 0 aliphatic carbocycles. The molecule has 1 aromatic heterocycles. The van der Waals surface area contributed by atoms with Crippen molar-refractivity contribution in [2.75, 3.05) is 36.4 Å². The number of benzene rings is 2. The van der Waals surface area contributed by atoms with E-state index in [1.165, 1.54) is 5.69 Å². The fourth-order valence-electron chi connectivity index (χ4n) is 3.25. The summed E-state index contributed by atoms with van der Waals surface area (Å²) in [4.78, 5) is 21.3. The molecule has 2 aromatic carbocycles. The zero-order chi connectivity index (χ0) is 18.5. The molecule has 2 heterocycles. The second-order valence-corrected chi connectivity index (χ2v) is 6.54. The fraction of sp³-hybridized carbons (Fsp3) is 0.182. The summed E-state index contributed by atoms with van der Waals surface area (Å²) in [7, 11) is 0. The molecular weight excluding hydrogens is 336 g/mol. The first-order valence-corrected chi connectivity index (χ1v) is 9.17. The van der Waals surface area contributed by atoms with Crippen molar-refractivity contribution < 1.29 is 4.79 Å². The molecule has 5 nitrogen and oxygen atoms in total. The van der Waals surface area contributed by atoms with Crippen LogP contribution in [-0.4, -0.2) is 42.0 Å². The number of para-hydroxylation sites is 2. The quantitative estimate of drug-likeness (QED) is 0.771. The summed E-state index contributed by atoms with van der Waals surface area (Å²) in [5.74, 6) is -0.00558. The maximum atomic E-state index is 12.7. The van der Waals surface area contributed by atoms with Crippen LogP contribution in [0.4, 0.5) is 17.1 Å². The first-order valence-electron chi connectivity index (χ1n) is 9.17. The van der Waals surface area contributed by atoms with Crippen LogP contribution in [0, 0.1) is 0 Å². The van der Waals surface area contributed by atoms with Gasteiger partial charge in [-0.15, -0.1) is 0 Å². The van der Waals surface area contributed by atoms with Gasteiger partial charge in [0.1, 0.15) is 5.69 Å². The van der Waals surface area contributed by atoms with Gasteiger partial charge in [-0.2, -0.15) is 0 Å². The smallest absolute Gasteiger partial charge is 0.272 e. The van der Waals surface area contributed by atoms with Gasteiger partial charge < -0.3 is 15.1 Å². The Labute approximate surface area is 159 Å². The summed E-state index contributed by atoms with van der Waals surface area (Å²) in [6, 6.07) is 23.9. The van der Waals surface area contributed by atoms with Crippen LogP contribution in [0.15, 0.2) is 79.0 Å². The van der Waals surface area contributed by atoms with Crippen molar-refractivity contribution in [3.8, 4) is 0 Å². The van der Waals surface area contributed by atoms with Gasteiger partial charge in [0.15, 0.2) is 0 Å². The summed E-state index contributed by atoms with van der Waals surface area (Å²) in [6.45, 7) is 3.09. The summed E-state index contributed by atoms with van der Waals surface area (Å²) >= 11 is 0. The van der Waals surface area contributed by atoms with Crippen LogP contribution >= 0.6 is 0 Å². The Balaban J connectivity index is 1.36. The van der Waals surface area contributed by atoms with Crippen molar-refractivity contribution in [2.45, 2.75) is 0 Å². The van der Waals surface area contributed by atoms with Crippen LogP contribution in [0.5, 0.6) is 0 Å². The summed E-state index contributed by atoms with van der Waals surface area (Å²) < 4.78 is 0. The van der Waals surface area contributed by atoms with E-state index in [-0.39, 0.29) is 5.91 Å². The Morgan fingerprint density at radius 2 is 1.44 bits per heavy atom. The minimum atomic E-state index is -0.00558. The van der Waals surface area contributed by atoms with Crippen LogP contribution in [0.1, 0.15) is 10.5 Å². The predicted octanol–water partition coefficient (Wildman–Crippen LogP) is 3.79. The van der Waals surface area contributed by atoms with Gasteiger partial charge in [0, 0.05) is 37.6 Å².